The number of aliphatic carboxylic acids is 1. The zero-order valence-electron chi connectivity index (χ0n) is 15.7. The number of methoxy groups -OCH3 is 1. The van der Waals surface area contributed by atoms with Crippen LogP contribution < -0.4 is 10.1 Å². The number of carboxylic acid groups (broad SMARTS) is 1. The van der Waals surface area contributed by atoms with Crippen LogP contribution >= 0.6 is 0 Å². The normalized spacial score (nSPS) is 10.5. The number of oxazole rings is 1. The van der Waals surface area contributed by atoms with E-state index in [1.165, 1.54) is 7.11 Å². The van der Waals surface area contributed by atoms with Crippen LogP contribution in [0.25, 0.3) is 0 Å². The molecular weight excluding hydrogens is 352 g/mol. The molecule has 2 rings (SSSR count). The molecule has 0 radical (unpaired) electrons. The van der Waals surface area contributed by atoms with Crippen molar-refractivity contribution in [1.29, 1.82) is 0 Å². The summed E-state index contributed by atoms with van der Waals surface area (Å²) < 4.78 is 15.8. The van der Waals surface area contributed by atoms with Crippen LogP contribution in [0.3, 0.4) is 0 Å². The quantitative estimate of drug-likeness (QED) is 0.692. The van der Waals surface area contributed by atoms with Crippen LogP contribution in [0.4, 0.5) is 4.79 Å². The van der Waals surface area contributed by atoms with Crippen LogP contribution in [-0.2, 0) is 28.9 Å². The van der Waals surface area contributed by atoms with Crippen molar-refractivity contribution in [1.82, 2.24) is 10.3 Å². The summed E-state index contributed by atoms with van der Waals surface area (Å²) in [5, 5.41) is 11.5. The van der Waals surface area contributed by atoms with Crippen molar-refractivity contribution in [3.8, 4) is 5.75 Å². The first-order valence-electron chi connectivity index (χ1n) is 8.60. The molecule has 0 atom stereocenters. The average molecular weight is 376 g/mol. The Morgan fingerprint density at radius 2 is 2.00 bits per heavy atom. The highest BCUT2D eigenvalue weighted by Crippen LogP contribution is 2.20. The van der Waals surface area contributed by atoms with E-state index < -0.39 is 12.1 Å². The summed E-state index contributed by atoms with van der Waals surface area (Å²) in [7, 11) is 1.29. The number of carbonyl (C=O) groups is 2. The summed E-state index contributed by atoms with van der Waals surface area (Å²) in [5.74, 6) is 1.17. The van der Waals surface area contributed by atoms with Gasteiger partial charge in [-0.05, 0) is 36.6 Å². The molecule has 0 aliphatic carbocycles. The van der Waals surface area contributed by atoms with Crippen molar-refractivity contribution < 1.29 is 28.6 Å². The van der Waals surface area contributed by atoms with Gasteiger partial charge in [0.05, 0.1) is 19.4 Å². The fourth-order valence-corrected chi connectivity index (χ4v) is 2.65. The predicted molar refractivity (Wildman–Crippen MR) is 96.8 cm³/mol. The minimum absolute atomic E-state index is 0.0101. The number of carbonyl (C=O) groups excluding carboxylic acids is 1. The first kappa shape index (κ1) is 20.3. The number of nitrogens with zero attached hydrogens (tertiary/aromatic N) is 1. The van der Waals surface area contributed by atoms with E-state index >= 15 is 0 Å². The van der Waals surface area contributed by atoms with E-state index in [1.807, 2.05) is 13.0 Å². The zero-order chi connectivity index (χ0) is 19.8. The molecule has 0 unspecified atom stereocenters. The Bertz CT molecular complexity index is 799. The van der Waals surface area contributed by atoms with Gasteiger partial charge in [-0.3, -0.25) is 4.79 Å². The molecular formula is C19H24N2O6. The third-order valence-corrected chi connectivity index (χ3v) is 4.00. The Hall–Kier alpha value is -3.03. The van der Waals surface area contributed by atoms with Gasteiger partial charge in [0.2, 0.25) is 0 Å². The molecule has 8 nitrogen and oxygen atoms in total. The first-order valence-corrected chi connectivity index (χ1v) is 8.60. The molecule has 2 N–H and O–H groups in total. The Kier molecular flexibility index (Phi) is 7.22. The predicted octanol–water partition coefficient (Wildman–Crippen LogP) is 2.79. The maximum atomic E-state index is 11.3. The molecule has 2 aromatic rings. The zero-order valence-corrected chi connectivity index (χ0v) is 15.7. The van der Waals surface area contributed by atoms with Gasteiger partial charge in [0.15, 0.2) is 5.89 Å². The Labute approximate surface area is 157 Å². The van der Waals surface area contributed by atoms with Crippen LogP contribution in [0.15, 0.2) is 22.6 Å². The van der Waals surface area contributed by atoms with E-state index in [0.717, 1.165) is 22.6 Å². The number of aromatic nitrogens is 1. The molecule has 1 amide bonds. The van der Waals surface area contributed by atoms with Crippen LogP contribution in [0.1, 0.15) is 34.9 Å². The lowest BCUT2D eigenvalue weighted by atomic mass is 10.0. The Morgan fingerprint density at radius 1 is 1.22 bits per heavy atom. The number of aryl methyl sites for hydroxylation is 3. The number of nitrogens with one attached hydrogen (secondary N) is 1. The van der Waals surface area contributed by atoms with Gasteiger partial charge in [-0.15, -0.1) is 0 Å². The molecule has 146 valence electrons. The molecule has 1 aromatic carbocycles. The smallest absolute Gasteiger partial charge is 0.407 e. The SMILES string of the molecule is COC(=O)NCc1cc(OCCc2nc(C)oc2C)ccc1CCC(=O)O. The molecule has 0 fully saturated rings. The number of rotatable bonds is 9. The third kappa shape index (κ3) is 6.32. The van der Waals surface area contributed by atoms with Crippen molar-refractivity contribution in [2.45, 2.75) is 39.7 Å². The number of benzene rings is 1. The maximum absolute atomic E-state index is 11.3. The van der Waals surface area contributed by atoms with Crippen LogP contribution in [0.2, 0.25) is 0 Å². The van der Waals surface area contributed by atoms with E-state index in [4.69, 9.17) is 14.3 Å². The molecule has 1 aromatic heterocycles. The first-order chi connectivity index (χ1) is 12.9. The molecule has 27 heavy (non-hydrogen) atoms. The highest BCUT2D eigenvalue weighted by molar-refractivity contribution is 5.68. The lowest BCUT2D eigenvalue weighted by Crippen LogP contribution is -2.23. The van der Waals surface area contributed by atoms with Crippen LogP contribution in [0, 0.1) is 13.8 Å². The number of ether oxygens (including phenoxy) is 2. The van der Waals surface area contributed by atoms with E-state index in [2.05, 4.69) is 15.0 Å². The fraction of sp³-hybridized carbons (Fsp3) is 0.421. The summed E-state index contributed by atoms with van der Waals surface area (Å²) in [5.41, 5.74) is 2.48. The van der Waals surface area contributed by atoms with Gasteiger partial charge in [0, 0.05) is 26.3 Å². The summed E-state index contributed by atoms with van der Waals surface area (Å²) in [6, 6.07) is 5.41. The minimum Gasteiger partial charge on any atom is -0.493 e. The van der Waals surface area contributed by atoms with E-state index in [-0.39, 0.29) is 13.0 Å². The van der Waals surface area contributed by atoms with Gasteiger partial charge < -0.3 is 24.3 Å². The van der Waals surface area contributed by atoms with Gasteiger partial charge in [0.1, 0.15) is 11.5 Å². The third-order valence-electron chi connectivity index (χ3n) is 4.00. The molecule has 0 saturated carbocycles. The van der Waals surface area contributed by atoms with E-state index in [1.54, 1.807) is 19.1 Å². The second-order valence-electron chi connectivity index (χ2n) is 6.00. The minimum atomic E-state index is -0.875. The molecule has 1 heterocycles. The van der Waals surface area contributed by atoms with Crippen LogP contribution in [-0.4, -0.2) is 35.9 Å². The molecule has 0 aliphatic heterocycles. The number of hydrogen-bond donors (Lipinski definition) is 2. The highest BCUT2D eigenvalue weighted by Gasteiger charge is 2.10. The maximum Gasteiger partial charge on any atom is 0.407 e. The number of carboxylic acids is 1. The number of amides is 1. The van der Waals surface area contributed by atoms with Crippen LogP contribution in [0.5, 0.6) is 5.75 Å². The second-order valence-corrected chi connectivity index (χ2v) is 6.00. The molecule has 0 bridgehead atoms. The van der Waals surface area contributed by atoms with E-state index in [0.29, 0.717) is 31.1 Å². The lowest BCUT2D eigenvalue weighted by Gasteiger charge is -2.13. The summed E-state index contributed by atoms with van der Waals surface area (Å²) in [6.07, 6.45) is 0.434. The van der Waals surface area contributed by atoms with Crippen molar-refractivity contribution in [3.05, 3.63) is 46.7 Å². The molecule has 8 heteroatoms. The number of hydrogen-bond acceptors (Lipinski definition) is 6. The van der Waals surface area contributed by atoms with Gasteiger partial charge in [-0.1, -0.05) is 6.07 Å². The van der Waals surface area contributed by atoms with Gasteiger partial charge >= 0.3 is 12.1 Å². The molecule has 0 spiro atoms. The Balaban J connectivity index is 2.03. The van der Waals surface area contributed by atoms with Gasteiger partial charge in [-0.25, -0.2) is 9.78 Å². The lowest BCUT2D eigenvalue weighted by molar-refractivity contribution is -0.136. The summed E-state index contributed by atoms with van der Waals surface area (Å²) in [4.78, 5) is 26.5. The largest absolute Gasteiger partial charge is 0.493 e. The monoisotopic (exact) mass is 376 g/mol. The van der Waals surface area contributed by atoms with Gasteiger partial charge in [-0.2, -0.15) is 0 Å². The van der Waals surface area contributed by atoms with E-state index in [9.17, 15) is 9.59 Å². The summed E-state index contributed by atoms with van der Waals surface area (Å²) in [6.45, 7) is 4.31. The van der Waals surface area contributed by atoms with Crippen molar-refractivity contribution in [2.75, 3.05) is 13.7 Å². The number of alkyl carbamates (subject to hydrolysis) is 1. The average Bonchev–Trinajstić information content (AvgIpc) is 2.95. The molecule has 0 saturated heterocycles. The van der Waals surface area contributed by atoms with Crippen molar-refractivity contribution in [3.63, 3.8) is 0 Å². The summed E-state index contributed by atoms with van der Waals surface area (Å²) >= 11 is 0. The van der Waals surface area contributed by atoms with Gasteiger partial charge in [0.25, 0.3) is 0 Å². The standard InChI is InChI=1S/C19H24N2O6/c1-12-17(21-13(2)27-12)8-9-26-16-6-4-14(5-7-18(22)23)15(10-16)11-20-19(24)25-3/h4,6,10H,5,7-9,11H2,1-3H3,(H,20,24)(H,22,23). The van der Waals surface area contributed by atoms with Crippen molar-refractivity contribution >= 4 is 12.1 Å². The molecule has 0 aliphatic rings. The van der Waals surface area contributed by atoms with Crippen molar-refractivity contribution in [2.24, 2.45) is 0 Å². The second kappa shape index (κ2) is 9.61. The Morgan fingerprint density at radius 3 is 2.63 bits per heavy atom. The highest BCUT2D eigenvalue weighted by atomic mass is 16.5. The fourth-order valence-electron chi connectivity index (χ4n) is 2.65. The topological polar surface area (TPSA) is 111 Å².